The van der Waals surface area contributed by atoms with E-state index in [0.717, 1.165) is 29.9 Å². The monoisotopic (exact) mass is 630 g/mol. The average molecular weight is 631 g/mol. The fraction of sp³-hybridized carbons (Fsp3) is 0.462. The van der Waals surface area contributed by atoms with Gasteiger partial charge in [0.1, 0.15) is 17.6 Å². The molecule has 0 saturated heterocycles. The summed E-state index contributed by atoms with van der Waals surface area (Å²) in [6.45, 7) is 8.31. The van der Waals surface area contributed by atoms with E-state index in [1.165, 1.54) is 82.6 Å². The molecule has 0 radical (unpaired) electrons. The number of benzene rings is 3. The lowest BCUT2D eigenvalue weighted by Crippen LogP contribution is -2.29. The molecular weight excluding hydrogens is 580 g/mol. The maximum absolute atomic E-state index is 12.7. The lowest BCUT2D eigenvalue weighted by molar-refractivity contribution is -0.158. The van der Waals surface area contributed by atoms with Crippen LogP contribution in [0.3, 0.4) is 0 Å². The van der Waals surface area contributed by atoms with Crippen LogP contribution < -0.4 is 9.47 Å². The molecular formula is C39H50O7. The maximum Gasteiger partial charge on any atom is 0.347 e. The van der Waals surface area contributed by atoms with Crippen LogP contribution in [0, 0.1) is 0 Å². The van der Waals surface area contributed by atoms with Crippen molar-refractivity contribution in [3.63, 3.8) is 0 Å². The van der Waals surface area contributed by atoms with Crippen molar-refractivity contribution >= 4 is 17.9 Å². The summed E-state index contributed by atoms with van der Waals surface area (Å²) >= 11 is 0. The molecule has 3 rings (SSSR count). The van der Waals surface area contributed by atoms with Crippen LogP contribution in [0.15, 0.2) is 72.8 Å². The van der Waals surface area contributed by atoms with Crippen LogP contribution >= 0.6 is 0 Å². The molecule has 0 fully saturated rings. The minimum atomic E-state index is -1.03. The first-order valence-corrected chi connectivity index (χ1v) is 16.9. The van der Waals surface area contributed by atoms with E-state index in [9.17, 15) is 14.4 Å². The Balaban J connectivity index is 1.41. The summed E-state index contributed by atoms with van der Waals surface area (Å²) in [4.78, 5) is 37.4. The van der Waals surface area contributed by atoms with Gasteiger partial charge in [0.25, 0.3) is 0 Å². The molecule has 0 aliphatic rings. The molecule has 0 aliphatic heterocycles. The van der Waals surface area contributed by atoms with Crippen molar-refractivity contribution in [1.82, 2.24) is 0 Å². The molecule has 7 heteroatoms. The standard InChI is InChI=1S/C39H50O7/c1-5-8-9-10-11-12-13-14-15-28-43-35-24-20-31(21-25-35)30-16-18-32(19-17-30)39(42)46-36-26-22-33(23-27-36)38(41)44-29(4)37(40)45-34(6-2)7-3/h16-27,29,34H,5-15,28H2,1-4H3. The van der Waals surface area contributed by atoms with Gasteiger partial charge in [-0.1, -0.05) is 96.4 Å². The Morgan fingerprint density at radius 2 is 1.04 bits per heavy atom. The second-order valence-corrected chi connectivity index (χ2v) is 11.6. The van der Waals surface area contributed by atoms with Gasteiger partial charge in [0.15, 0.2) is 6.10 Å². The first-order valence-electron chi connectivity index (χ1n) is 16.9. The summed E-state index contributed by atoms with van der Waals surface area (Å²) < 4.78 is 22.0. The second-order valence-electron chi connectivity index (χ2n) is 11.6. The van der Waals surface area contributed by atoms with E-state index >= 15 is 0 Å². The molecule has 0 saturated carbocycles. The summed E-state index contributed by atoms with van der Waals surface area (Å²) in [7, 11) is 0. The van der Waals surface area contributed by atoms with Gasteiger partial charge in [-0.05, 0) is 85.8 Å². The molecule has 1 unspecified atom stereocenters. The quantitative estimate of drug-likeness (QED) is 0.0697. The van der Waals surface area contributed by atoms with E-state index in [0.29, 0.717) is 18.4 Å². The molecule has 0 heterocycles. The van der Waals surface area contributed by atoms with Gasteiger partial charge in [-0.2, -0.15) is 0 Å². The normalized spacial score (nSPS) is 11.6. The van der Waals surface area contributed by atoms with Crippen molar-refractivity contribution < 1.29 is 33.3 Å². The van der Waals surface area contributed by atoms with Crippen molar-refractivity contribution in [2.45, 2.75) is 111 Å². The highest BCUT2D eigenvalue weighted by molar-refractivity contribution is 5.93. The van der Waals surface area contributed by atoms with Gasteiger partial charge in [-0.3, -0.25) is 0 Å². The number of rotatable bonds is 20. The summed E-state index contributed by atoms with van der Waals surface area (Å²) in [6.07, 6.45) is 11.7. The van der Waals surface area contributed by atoms with Gasteiger partial charge in [-0.15, -0.1) is 0 Å². The van der Waals surface area contributed by atoms with E-state index in [4.69, 9.17) is 18.9 Å². The zero-order chi connectivity index (χ0) is 33.1. The Kier molecular flexibility index (Phi) is 15.9. The first-order chi connectivity index (χ1) is 22.3. The molecule has 0 aliphatic carbocycles. The molecule has 3 aromatic rings. The van der Waals surface area contributed by atoms with Gasteiger partial charge < -0.3 is 18.9 Å². The predicted molar refractivity (Wildman–Crippen MR) is 181 cm³/mol. The van der Waals surface area contributed by atoms with E-state index in [1.807, 2.05) is 50.2 Å². The molecule has 7 nitrogen and oxygen atoms in total. The molecule has 3 aromatic carbocycles. The zero-order valence-corrected chi connectivity index (χ0v) is 27.9. The molecule has 0 amide bonds. The van der Waals surface area contributed by atoms with Crippen molar-refractivity contribution in [3.8, 4) is 22.6 Å². The minimum absolute atomic E-state index is 0.204. The fourth-order valence-electron chi connectivity index (χ4n) is 4.96. The van der Waals surface area contributed by atoms with Crippen LogP contribution in [0.4, 0.5) is 0 Å². The Morgan fingerprint density at radius 3 is 1.61 bits per heavy atom. The highest BCUT2D eigenvalue weighted by Gasteiger charge is 2.23. The van der Waals surface area contributed by atoms with Crippen molar-refractivity contribution in [1.29, 1.82) is 0 Å². The van der Waals surface area contributed by atoms with E-state index in [2.05, 4.69) is 6.92 Å². The third-order valence-electron chi connectivity index (χ3n) is 7.93. The number of ether oxygens (including phenoxy) is 4. The Labute approximate surface area is 274 Å². The first kappa shape index (κ1) is 36.3. The SMILES string of the molecule is CCCCCCCCCCCOc1ccc(-c2ccc(C(=O)Oc3ccc(C(=O)OC(C)C(=O)OC(CC)CC)cc3)cc2)cc1. The number of esters is 3. The molecule has 0 spiro atoms. The lowest BCUT2D eigenvalue weighted by Gasteiger charge is -2.18. The van der Waals surface area contributed by atoms with Crippen molar-refractivity contribution in [2.75, 3.05) is 6.61 Å². The smallest absolute Gasteiger partial charge is 0.347 e. The van der Waals surface area contributed by atoms with Crippen molar-refractivity contribution in [3.05, 3.63) is 83.9 Å². The summed E-state index contributed by atoms with van der Waals surface area (Å²) in [6, 6.07) is 21.2. The molecule has 0 bridgehead atoms. The molecule has 0 N–H and O–H groups in total. The topological polar surface area (TPSA) is 88.1 Å². The molecule has 0 aromatic heterocycles. The van der Waals surface area contributed by atoms with E-state index in [1.54, 1.807) is 12.1 Å². The number of carbonyl (C=O) groups excluding carboxylic acids is 3. The molecule has 46 heavy (non-hydrogen) atoms. The third kappa shape index (κ3) is 12.3. The predicted octanol–water partition coefficient (Wildman–Crippen LogP) is 9.76. The molecule has 1 atom stereocenters. The third-order valence-corrected chi connectivity index (χ3v) is 7.93. The highest BCUT2D eigenvalue weighted by atomic mass is 16.6. The molecule has 248 valence electrons. The van der Waals surface area contributed by atoms with Crippen LogP contribution in [0.1, 0.15) is 119 Å². The largest absolute Gasteiger partial charge is 0.494 e. The fourth-order valence-corrected chi connectivity index (χ4v) is 4.96. The van der Waals surface area contributed by atoms with Gasteiger partial charge in [0.05, 0.1) is 17.7 Å². The summed E-state index contributed by atoms with van der Waals surface area (Å²) in [5.74, 6) is -0.619. The number of carbonyl (C=O) groups is 3. The second kappa shape index (κ2) is 20.1. The minimum Gasteiger partial charge on any atom is -0.494 e. The lowest BCUT2D eigenvalue weighted by atomic mass is 10.0. The van der Waals surface area contributed by atoms with Crippen LogP contribution in [-0.2, 0) is 14.3 Å². The van der Waals surface area contributed by atoms with Crippen LogP contribution in [-0.4, -0.2) is 36.7 Å². The van der Waals surface area contributed by atoms with E-state index < -0.39 is 24.0 Å². The van der Waals surface area contributed by atoms with Crippen LogP contribution in [0.5, 0.6) is 11.5 Å². The Bertz CT molecular complexity index is 1330. The summed E-state index contributed by atoms with van der Waals surface area (Å²) in [5.41, 5.74) is 2.63. The maximum atomic E-state index is 12.7. The van der Waals surface area contributed by atoms with Gasteiger partial charge in [0.2, 0.25) is 0 Å². The Morgan fingerprint density at radius 1 is 0.565 bits per heavy atom. The van der Waals surface area contributed by atoms with Crippen LogP contribution in [0.25, 0.3) is 11.1 Å². The number of hydrogen-bond donors (Lipinski definition) is 0. The van der Waals surface area contributed by atoms with Gasteiger partial charge in [0, 0.05) is 0 Å². The van der Waals surface area contributed by atoms with E-state index in [-0.39, 0.29) is 17.4 Å². The van der Waals surface area contributed by atoms with Gasteiger partial charge in [-0.25, -0.2) is 14.4 Å². The number of unbranched alkanes of at least 4 members (excludes halogenated alkanes) is 8. The van der Waals surface area contributed by atoms with Gasteiger partial charge >= 0.3 is 17.9 Å². The Hall–Kier alpha value is -4.13. The highest BCUT2D eigenvalue weighted by Crippen LogP contribution is 2.24. The zero-order valence-electron chi connectivity index (χ0n) is 27.9. The number of hydrogen-bond acceptors (Lipinski definition) is 7. The van der Waals surface area contributed by atoms with Crippen molar-refractivity contribution in [2.24, 2.45) is 0 Å². The average Bonchev–Trinajstić information content (AvgIpc) is 3.08. The summed E-state index contributed by atoms with van der Waals surface area (Å²) in [5, 5.41) is 0. The van der Waals surface area contributed by atoms with Crippen LogP contribution in [0.2, 0.25) is 0 Å².